The zero-order valence-electron chi connectivity index (χ0n) is 20.1. The number of nitrogens with zero attached hydrogens (tertiary/aromatic N) is 7. The Bertz CT molecular complexity index is 1060. The molecule has 0 saturated carbocycles. The minimum absolute atomic E-state index is 0.0749. The van der Waals surface area contributed by atoms with Gasteiger partial charge in [0.05, 0.1) is 25.2 Å². The van der Waals surface area contributed by atoms with E-state index in [4.69, 9.17) is 9.57 Å². The van der Waals surface area contributed by atoms with Crippen LogP contribution in [0.3, 0.4) is 0 Å². The zero-order chi connectivity index (χ0) is 24.9. The molecule has 4 heterocycles. The topological polar surface area (TPSA) is 126 Å². The highest BCUT2D eigenvalue weighted by Crippen LogP contribution is 2.26. The van der Waals surface area contributed by atoms with Gasteiger partial charge in [0, 0.05) is 37.2 Å². The van der Waals surface area contributed by atoms with Crippen LogP contribution in [0.15, 0.2) is 37.3 Å². The van der Waals surface area contributed by atoms with E-state index in [0.29, 0.717) is 44.6 Å². The van der Waals surface area contributed by atoms with Gasteiger partial charge in [0.25, 0.3) is 0 Å². The van der Waals surface area contributed by atoms with Crippen LogP contribution in [0.4, 0.5) is 16.6 Å². The smallest absolute Gasteiger partial charge is 0.415 e. The maximum absolute atomic E-state index is 12.2. The zero-order valence-corrected chi connectivity index (χ0v) is 20.1. The van der Waals surface area contributed by atoms with E-state index in [2.05, 4.69) is 31.8 Å². The fourth-order valence-corrected chi connectivity index (χ4v) is 3.86. The Kier molecular flexibility index (Phi) is 7.39. The van der Waals surface area contributed by atoms with E-state index in [0.717, 1.165) is 5.56 Å². The van der Waals surface area contributed by atoms with E-state index in [1.165, 1.54) is 6.08 Å². The van der Waals surface area contributed by atoms with Crippen molar-refractivity contribution in [2.75, 3.05) is 43.0 Å². The first-order chi connectivity index (χ1) is 16.9. The number of amides is 2. The number of ether oxygens (including phenoxy) is 1. The van der Waals surface area contributed by atoms with E-state index >= 15 is 0 Å². The van der Waals surface area contributed by atoms with Crippen molar-refractivity contribution in [3.8, 4) is 6.01 Å². The van der Waals surface area contributed by atoms with E-state index in [9.17, 15) is 9.59 Å². The van der Waals surface area contributed by atoms with Crippen molar-refractivity contribution >= 4 is 23.8 Å². The van der Waals surface area contributed by atoms with Crippen molar-refractivity contribution in [3.63, 3.8) is 0 Å². The van der Waals surface area contributed by atoms with Crippen LogP contribution in [0.5, 0.6) is 6.01 Å². The van der Waals surface area contributed by atoms with Crippen LogP contribution >= 0.6 is 0 Å². The summed E-state index contributed by atoms with van der Waals surface area (Å²) in [5.74, 6) is 1.01. The summed E-state index contributed by atoms with van der Waals surface area (Å²) in [6, 6.07) is 1.66. The molecule has 2 aromatic heterocycles. The molecule has 186 valence electrons. The lowest BCUT2D eigenvalue weighted by molar-refractivity contribution is -0.136. The summed E-state index contributed by atoms with van der Waals surface area (Å²) in [5.41, 5.74) is 0.813. The number of anilines is 2. The molecule has 2 fully saturated rings. The molecule has 0 radical (unpaired) electrons. The molecule has 2 aromatic rings. The summed E-state index contributed by atoms with van der Waals surface area (Å²) in [5, 5.41) is 4.96. The summed E-state index contributed by atoms with van der Waals surface area (Å²) in [4.78, 5) is 50.4. The molecule has 12 heteroatoms. The molecular weight excluding hydrogens is 452 g/mol. The lowest BCUT2D eigenvalue weighted by atomic mass is 10.0. The summed E-state index contributed by atoms with van der Waals surface area (Å²) < 4.78 is 5.22. The predicted molar refractivity (Wildman–Crippen MR) is 128 cm³/mol. The molecule has 2 aliphatic heterocycles. The van der Waals surface area contributed by atoms with E-state index in [1.807, 2.05) is 20.8 Å². The number of nitrogens with one attached hydrogen (secondary N) is 1. The fourth-order valence-electron chi connectivity index (χ4n) is 3.86. The predicted octanol–water partition coefficient (Wildman–Crippen LogP) is 2.04. The Morgan fingerprint density at radius 3 is 2.57 bits per heavy atom. The molecule has 2 atom stereocenters. The number of rotatable bonds is 8. The van der Waals surface area contributed by atoms with Crippen LogP contribution in [-0.4, -0.2) is 80.7 Å². The highest BCUT2D eigenvalue weighted by atomic mass is 16.7. The molecule has 0 aliphatic carbocycles. The Labute approximate surface area is 203 Å². The lowest BCUT2D eigenvalue weighted by Gasteiger charge is -2.32. The standard InChI is InChI=1S/C23H30N8O4/c1-5-20(32)29-8-10-30(11-9-29)35-22-25-12-17(13-26-22)16(4)27-21-24-7-6-19(28-21)31-18(15(2)3)14-34-23(31)33/h5-7,12-13,15-16,18H,1,8-11,14H2,2-4H3,(H,24,27,28)/t16-,18+/m0/s1. The van der Waals surface area contributed by atoms with Gasteiger partial charge in [0.1, 0.15) is 12.4 Å². The number of carbonyl (C=O) groups is 2. The molecule has 4 rings (SSSR count). The Morgan fingerprint density at radius 1 is 1.20 bits per heavy atom. The minimum atomic E-state index is -0.404. The summed E-state index contributed by atoms with van der Waals surface area (Å²) in [6.45, 7) is 12.1. The summed E-state index contributed by atoms with van der Waals surface area (Å²) in [7, 11) is 0. The highest BCUT2D eigenvalue weighted by Gasteiger charge is 2.37. The fraction of sp³-hybridized carbons (Fsp3) is 0.478. The number of hydrogen-bond donors (Lipinski definition) is 1. The lowest BCUT2D eigenvalue weighted by Crippen LogP contribution is -2.49. The Morgan fingerprint density at radius 2 is 1.91 bits per heavy atom. The van der Waals surface area contributed by atoms with Crippen LogP contribution in [0.2, 0.25) is 0 Å². The van der Waals surface area contributed by atoms with Gasteiger partial charge in [0.15, 0.2) is 0 Å². The molecule has 2 aliphatic rings. The second-order valence-corrected chi connectivity index (χ2v) is 8.71. The van der Waals surface area contributed by atoms with Gasteiger partial charge in [-0.15, -0.1) is 5.06 Å². The number of carbonyl (C=O) groups excluding carboxylic acids is 2. The van der Waals surface area contributed by atoms with Gasteiger partial charge in [-0.3, -0.25) is 9.69 Å². The van der Waals surface area contributed by atoms with Gasteiger partial charge in [-0.1, -0.05) is 20.4 Å². The molecule has 0 aromatic carbocycles. The van der Waals surface area contributed by atoms with Crippen LogP contribution in [0.25, 0.3) is 0 Å². The van der Waals surface area contributed by atoms with E-state index < -0.39 is 6.09 Å². The third-order valence-corrected chi connectivity index (χ3v) is 5.99. The molecule has 0 unspecified atom stereocenters. The molecular formula is C23H30N8O4. The van der Waals surface area contributed by atoms with Gasteiger partial charge < -0.3 is 19.8 Å². The van der Waals surface area contributed by atoms with Crippen molar-refractivity contribution in [2.24, 2.45) is 5.92 Å². The van der Waals surface area contributed by atoms with Crippen LogP contribution in [0.1, 0.15) is 32.4 Å². The molecule has 12 nitrogen and oxygen atoms in total. The van der Waals surface area contributed by atoms with Crippen LogP contribution < -0.4 is 15.1 Å². The minimum Gasteiger partial charge on any atom is -0.447 e. The second kappa shape index (κ2) is 10.6. The molecule has 0 bridgehead atoms. The van der Waals surface area contributed by atoms with E-state index in [-0.39, 0.29) is 29.9 Å². The third kappa shape index (κ3) is 5.65. The molecule has 1 N–H and O–H groups in total. The number of hydrogen-bond acceptors (Lipinski definition) is 10. The van der Waals surface area contributed by atoms with Crippen molar-refractivity contribution < 1.29 is 19.2 Å². The molecule has 35 heavy (non-hydrogen) atoms. The van der Waals surface area contributed by atoms with Gasteiger partial charge in [-0.05, 0) is 25.0 Å². The monoisotopic (exact) mass is 482 g/mol. The first kappa shape index (κ1) is 24.3. The SMILES string of the molecule is C=CC(=O)N1CCN(Oc2ncc([C@H](C)Nc3nccc(N4C(=O)OC[C@@H]4C(C)C)n3)cn2)CC1. The van der Waals surface area contributed by atoms with Crippen molar-refractivity contribution in [2.45, 2.75) is 32.9 Å². The normalized spacial score (nSPS) is 19.4. The van der Waals surface area contributed by atoms with E-state index in [1.54, 1.807) is 39.5 Å². The van der Waals surface area contributed by atoms with Gasteiger partial charge >= 0.3 is 12.1 Å². The Hall–Kier alpha value is -3.80. The number of piperazine rings is 1. The summed E-state index contributed by atoms with van der Waals surface area (Å²) >= 11 is 0. The van der Waals surface area contributed by atoms with Crippen LogP contribution in [-0.2, 0) is 9.53 Å². The van der Waals surface area contributed by atoms with Crippen molar-refractivity contribution in [3.05, 3.63) is 42.9 Å². The number of hydroxylamine groups is 2. The van der Waals surface area contributed by atoms with Gasteiger partial charge in [0.2, 0.25) is 11.9 Å². The Balaban J connectivity index is 1.35. The number of cyclic esters (lactones) is 1. The number of aromatic nitrogens is 4. The maximum atomic E-state index is 12.2. The van der Waals surface area contributed by atoms with Crippen LogP contribution in [0, 0.1) is 5.92 Å². The summed E-state index contributed by atoms with van der Waals surface area (Å²) in [6.07, 6.45) is 5.87. The maximum Gasteiger partial charge on any atom is 0.415 e. The quantitative estimate of drug-likeness (QED) is 0.559. The average Bonchev–Trinajstić information content (AvgIpc) is 3.26. The van der Waals surface area contributed by atoms with Gasteiger partial charge in [-0.25, -0.2) is 19.7 Å². The highest BCUT2D eigenvalue weighted by molar-refractivity contribution is 5.89. The van der Waals surface area contributed by atoms with Gasteiger partial charge in [-0.2, -0.15) is 4.98 Å². The molecule has 2 saturated heterocycles. The first-order valence-corrected chi connectivity index (χ1v) is 11.6. The third-order valence-electron chi connectivity index (χ3n) is 5.99. The second-order valence-electron chi connectivity index (χ2n) is 8.71. The average molecular weight is 483 g/mol. The van der Waals surface area contributed by atoms with Crippen molar-refractivity contribution in [1.29, 1.82) is 0 Å². The first-order valence-electron chi connectivity index (χ1n) is 11.6. The van der Waals surface area contributed by atoms with Crippen molar-refractivity contribution in [1.82, 2.24) is 29.9 Å². The molecule has 2 amide bonds. The largest absolute Gasteiger partial charge is 0.447 e. The molecule has 0 spiro atoms.